The SMILES string of the molecule is Cc1ccc(-n2ncc3c(=O)n(-c4ccc(F)c(Cl)c4)c(C)nc32)cc1C. The number of aryl methyl sites for hydroxylation is 3. The van der Waals surface area contributed by atoms with Gasteiger partial charge in [0.05, 0.1) is 22.6 Å². The highest BCUT2D eigenvalue weighted by molar-refractivity contribution is 6.30. The molecule has 0 radical (unpaired) electrons. The third-order valence-electron chi connectivity index (χ3n) is 4.67. The second kappa shape index (κ2) is 6.32. The fourth-order valence-corrected chi connectivity index (χ4v) is 3.22. The van der Waals surface area contributed by atoms with Gasteiger partial charge < -0.3 is 0 Å². The molecular weight excluding hydrogens is 367 g/mol. The number of hydrogen-bond acceptors (Lipinski definition) is 3. The van der Waals surface area contributed by atoms with Crippen molar-refractivity contribution < 1.29 is 4.39 Å². The zero-order chi connectivity index (χ0) is 19.3. The minimum atomic E-state index is -0.539. The lowest BCUT2D eigenvalue weighted by Crippen LogP contribution is -2.22. The molecule has 4 rings (SSSR count). The Morgan fingerprint density at radius 2 is 1.74 bits per heavy atom. The third kappa shape index (κ3) is 2.82. The maximum Gasteiger partial charge on any atom is 0.269 e. The Hall–Kier alpha value is -2.99. The van der Waals surface area contributed by atoms with E-state index >= 15 is 0 Å². The molecule has 0 spiro atoms. The minimum Gasteiger partial charge on any atom is -0.268 e. The summed E-state index contributed by atoms with van der Waals surface area (Å²) in [4.78, 5) is 17.6. The molecule has 4 aromatic rings. The Bertz CT molecular complexity index is 1260. The van der Waals surface area contributed by atoms with E-state index in [1.54, 1.807) is 11.6 Å². The van der Waals surface area contributed by atoms with Gasteiger partial charge in [0.2, 0.25) is 0 Å². The van der Waals surface area contributed by atoms with Crippen LogP contribution in [0, 0.1) is 26.6 Å². The second-order valence-corrected chi connectivity index (χ2v) is 6.87. The van der Waals surface area contributed by atoms with Gasteiger partial charge in [-0.3, -0.25) is 9.36 Å². The van der Waals surface area contributed by atoms with Crippen molar-refractivity contribution in [3.05, 3.63) is 80.7 Å². The molecule has 0 N–H and O–H groups in total. The van der Waals surface area contributed by atoms with Crippen LogP contribution in [-0.4, -0.2) is 19.3 Å². The molecule has 0 aliphatic rings. The van der Waals surface area contributed by atoms with Crippen LogP contribution in [0.15, 0.2) is 47.4 Å². The first-order chi connectivity index (χ1) is 12.9. The summed E-state index contributed by atoms with van der Waals surface area (Å²) in [6.45, 7) is 5.78. The lowest BCUT2D eigenvalue weighted by molar-refractivity contribution is 0.627. The van der Waals surface area contributed by atoms with E-state index in [4.69, 9.17) is 11.6 Å². The van der Waals surface area contributed by atoms with Gasteiger partial charge in [0, 0.05) is 0 Å². The molecule has 0 bridgehead atoms. The maximum atomic E-state index is 13.5. The summed E-state index contributed by atoms with van der Waals surface area (Å²) in [6.07, 6.45) is 1.50. The first-order valence-electron chi connectivity index (χ1n) is 8.37. The number of halogens is 2. The predicted octanol–water partition coefficient (Wildman–Crippen LogP) is 4.29. The lowest BCUT2D eigenvalue weighted by atomic mass is 10.1. The number of aromatic nitrogens is 4. The Kier molecular flexibility index (Phi) is 4.08. The van der Waals surface area contributed by atoms with Crippen LogP contribution in [0.4, 0.5) is 4.39 Å². The standard InChI is InChI=1S/C20H16ClFN4O/c1-11-4-5-15(8-12(11)2)26-19-16(10-23-26)20(27)25(13(3)24-19)14-6-7-18(22)17(21)9-14/h4-10H,1-3H3. The summed E-state index contributed by atoms with van der Waals surface area (Å²) in [5.41, 5.74) is 3.79. The van der Waals surface area contributed by atoms with E-state index < -0.39 is 5.82 Å². The van der Waals surface area contributed by atoms with E-state index in [9.17, 15) is 9.18 Å². The Morgan fingerprint density at radius 3 is 2.44 bits per heavy atom. The smallest absolute Gasteiger partial charge is 0.268 e. The van der Waals surface area contributed by atoms with Crippen molar-refractivity contribution in [1.82, 2.24) is 19.3 Å². The molecule has 0 aliphatic carbocycles. The summed E-state index contributed by atoms with van der Waals surface area (Å²) < 4.78 is 16.5. The molecule has 0 unspecified atom stereocenters. The molecule has 0 atom stereocenters. The van der Waals surface area contributed by atoms with Gasteiger partial charge in [-0.1, -0.05) is 17.7 Å². The molecule has 0 fully saturated rings. The first kappa shape index (κ1) is 17.4. The highest BCUT2D eigenvalue weighted by Gasteiger charge is 2.16. The molecule has 27 heavy (non-hydrogen) atoms. The van der Waals surface area contributed by atoms with Crippen LogP contribution in [-0.2, 0) is 0 Å². The van der Waals surface area contributed by atoms with Gasteiger partial charge in [-0.05, 0) is 62.2 Å². The summed E-state index contributed by atoms with van der Waals surface area (Å²) in [6, 6.07) is 10.1. The lowest BCUT2D eigenvalue weighted by Gasteiger charge is -2.11. The van der Waals surface area contributed by atoms with Gasteiger partial charge >= 0.3 is 0 Å². The fourth-order valence-electron chi connectivity index (χ4n) is 3.05. The first-order valence-corrected chi connectivity index (χ1v) is 8.75. The van der Waals surface area contributed by atoms with Crippen molar-refractivity contribution in [2.75, 3.05) is 0 Å². The van der Waals surface area contributed by atoms with E-state index in [1.165, 1.54) is 34.5 Å². The highest BCUT2D eigenvalue weighted by Crippen LogP contribution is 2.21. The monoisotopic (exact) mass is 382 g/mol. The molecule has 0 saturated heterocycles. The van der Waals surface area contributed by atoms with Crippen molar-refractivity contribution >= 4 is 22.6 Å². The van der Waals surface area contributed by atoms with Crippen LogP contribution in [0.5, 0.6) is 0 Å². The van der Waals surface area contributed by atoms with Crippen LogP contribution in [0.2, 0.25) is 5.02 Å². The minimum absolute atomic E-state index is 0.0512. The predicted molar refractivity (Wildman–Crippen MR) is 104 cm³/mol. The van der Waals surface area contributed by atoms with E-state index in [0.29, 0.717) is 22.5 Å². The topological polar surface area (TPSA) is 52.7 Å². The number of rotatable bonds is 2. The number of fused-ring (bicyclic) bond motifs is 1. The molecule has 0 saturated carbocycles. The molecule has 2 heterocycles. The van der Waals surface area contributed by atoms with Crippen molar-refractivity contribution in [3.63, 3.8) is 0 Å². The summed E-state index contributed by atoms with van der Waals surface area (Å²) in [5, 5.41) is 4.68. The molecule has 7 heteroatoms. The molecule has 0 aliphatic heterocycles. The molecule has 2 aromatic carbocycles. The average molecular weight is 383 g/mol. The van der Waals surface area contributed by atoms with Gasteiger partial charge in [-0.15, -0.1) is 0 Å². The molecule has 2 aromatic heterocycles. The van der Waals surface area contributed by atoms with Gasteiger partial charge in [0.15, 0.2) is 5.65 Å². The fraction of sp³-hybridized carbons (Fsp3) is 0.150. The Morgan fingerprint density at radius 1 is 1.00 bits per heavy atom. The number of hydrogen-bond donors (Lipinski definition) is 0. The third-order valence-corrected chi connectivity index (χ3v) is 4.95. The van der Waals surface area contributed by atoms with E-state index in [0.717, 1.165) is 11.3 Å². The van der Waals surface area contributed by atoms with Crippen LogP contribution in [0.1, 0.15) is 17.0 Å². The van der Waals surface area contributed by atoms with Crippen molar-refractivity contribution in [2.24, 2.45) is 0 Å². The van der Waals surface area contributed by atoms with Crippen LogP contribution >= 0.6 is 11.6 Å². The van der Waals surface area contributed by atoms with Gasteiger partial charge in [-0.25, -0.2) is 14.1 Å². The highest BCUT2D eigenvalue weighted by atomic mass is 35.5. The van der Waals surface area contributed by atoms with Crippen LogP contribution in [0.25, 0.3) is 22.4 Å². The largest absolute Gasteiger partial charge is 0.269 e. The van der Waals surface area contributed by atoms with Crippen molar-refractivity contribution in [3.8, 4) is 11.4 Å². The van der Waals surface area contributed by atoms with Gasteiger partial charge in [0.1, 0.15) is 17.0 Å². The maximum absolute atomic E-state index is 13.5. The summed E-state index contributed by atoms with van der Waals surface area (Å²) in [5.74, 6) is -0.0801. The molecular formula is C20H16ClFN4O. The zero-order valence-corrected chi connectivity index (χ0v) is 15.8. The molecule has 136 valence electrons. The van der Waals surface area contributed by atoms with E-state index in [-0.39, 0.29) is 10.6 Å². The van der Waals surface area contributed by atoms with E-state index in [1.807, 2.05) is 32.0 Å². The van der Waals surface area contributed by atoms with Crippen molar-refractivity contribution in [2.45, 2.75) is 20.8 Å². The number of benzene rings is 2. The normalized spacial score (nSPS) is 11.3. The average Bonchev–Trinajstić information content (AvgIpc) is 3.04. The Balaban J connectivity index is 1.95. The van der Waals surface area contributed by atoms with Crippen LogP contribution < -0.4 is 5.56 Å². The summed E-state index contributed by atoms with van der Waals surface area (Å²) >= 11 is 5.87. The quantitative estimate of drug-likeness (QED) is 0.519. The van der Waals surface area contributed by atoms with E-state index in [2.05, 4.69) is 10.1 Å². The van der Waals surface area contributed by atoms with Crippen LogP contribution in [0.3, 0.4) is 0 Å². The second-order valence-electron chi connectivity index (χ2n) is 6.46. The number of nitrogens with zero attached hydrogens (tertiary/aromatic N) is 4. The molecule has 5 nitrogen and oxygen atoms in total. The molecule has 0 amide bonds. The Labute approximate surface area is 159 Å². The van der Waals surface area contributed by atoms with Gasteiger partial charge in [-0.2, -0.15) is 5.10 Å². The van der Waals surface area contributed by atoms with Gasteiger partial charge in [0.25, 0.3) is 5.56 Å². The zero-order valence-electron chi connectivity index (χ0n) is 15.0. The van der Waals surface area contributed by atoms with Crippen molar-refractivity contribution in [1.29, 1.82) is 0 Å². The summed E-state index contributed by atoms with van der Waals surface area (Å²) in [7, 11) is 0.